The van der Waals surface area contributed by atoms with Gasteiger partial charge in [0.2, 0.25) is 8.32 Å². The van der Waals surface area contributed by atoms with Gasteiger partial charge in [-0.25, -0.2) is 0 Å². The first-order valence-corrected chi connectivity index (χ1v) is 10.9. The molecule has 0 N–H and O–H groups in total. The van der Waals surface area contributed by atoms with E-state index in [1.54, 1.807) is 0 Å². The highest BCUT2D eigenvalue weighted by molar-refractivity contribution is 6.69. The zero-order valence-corrected chi connectivity index (χ0v) is 15.4. The van der Waals surface area contributed by atoms with Gasteiger partial charge in [-0.15, -0.1) is 0 Å². The average Bonchev–Trinajstić information content (AvgIpc) is 2.26. The molecule has 0 spiro atoms. The molecule has 20 heavy (non-hydrogen) atoms. The van der Waals surface area contributed by atoms with Gasteiger partial charge in [-0.1, -0.05) is 34.9 Å². The lowest BCUT2D eigenvalue weighted by Crippen LogP contribution is -2.21. The maximum atomic E-state index is 5.70. The Kier molecular flexibility index (Phi) is 9.31. The molecule has 0 aliphatic carbocycles. The first-order chi connectivity index (χ1) is 9.20. The Balaban J connectivity index is 4.12. The zero-order chi connectivity index (χ0) is 15.6. The van der Waals surface area contributed by atoms with Crippen LogP contribution in [0, 0.1) is 0 Å². The van der Waals surface area contributed by atoms with Crippen molar-refractivity contribution in [3.05, 3.63) is 47.3 Å². The molecule has 0 rings (SSSR count). The first-order valence-electron chi connectivity index (χ1n) is 7.51. The fourth-order valence-electron chi connectivity index (χ4n) is 1.55. The summed E-state index contributed by atoms with van der Waals surface area (Å²) in [5.74, 6) is 0. The molecule has 0 atom stereocenters. The van der Waals surface area contributed by atoms with E-state index in [-0.39, 0.29) is 0 Å². The SMILES string of the molecule is CC(C)=CCCC(C)=CCC=C(C)C=CO[Si](C)(C)C. The van der Waals surface area contributed by atoms with Gasteiger partial charge in [0.25, 0.3) is 0 Å². The highest BCUT2D eigenvalue weighted by atomic mass is 28.4. The van der Waals surface area contributed by atoms with Crippen LogP contribution in [0.1, 0.15) is 47.0 Å². The van der Waals surface area contributed by atoms with Gasteiger partial charge in [0, 0.05) is 0 Å². The van der Waals surface area contributed by atoms with Crippen molar-refractivity contribution in [1.29, 1.82) is 0 Å². The van der Waals surface area contributed by atoms with Crippen LogP contribution in [0.5, 0.6) is 0 Å². The Morgan fingerprint density at radius 2 is 1.60 bits per heavy atom. The van der Waals surface area contributed by atoms with Crippen LogP contribution in [-0.2, 0) is 4.43 Å². The lowest BCUT2D eigenvalue weighted by molar-refractivity contribution is 0.479. The van der Waals surface area contributed by atoms with Gasteiger partial charge in [-0.2, -0.15) is 0 Å². The Bertz CT molecular complexity index is 388. The Labute approximate surface area is 127 Å². The summed E-state index contributed by atoms with van der Waals surface area (Å²) in [5.41, 5.74) is 4.13. The Morgan fingerprint density at radius 3 is 2.15 bits per heavy atom. The van der Waals surface area contributed by atoms with Crippen molar-refractivity contribution in [2.24, 2.45) is 0 Å². The van der Waals surface area contributed by atoms with Crippen molar-refractivity contribution in [3.63, 3.8) is 0 Å². The van der Waals surface area contributed by atoms with E-state index in [9.17, 15) is 0 Å². The summed E-state index contributed by atoms with van der Waals surface area (Å²) < 4.78 is 5.70. The maximum absolute atomic E-state index is 5.70. The van der Waals surface area contributed by atoms with Crippen molar-refractivity contribution in [2.75, 3.05) is 0 Å². The minimum Gasteiger partial charge on any atom is -0.550 e. The summed E-state index contributed by atoms with van der Waals surface area (Å²) in [7, 11) is -1.43. The zero-order valence-electron chi connectivity index (χ0n) is 14.4. The van der Waals surface area contributed by atoms with Crippen molar-refractivity contribution in [1.82, 2.24) is 0 Å². The van der Waals surface area contributed by atoms with E-state index in [2.05, 4.69) is 71.6 Å². The number of allylic oxidation sites excluding steroid dienone is 7. The normalized spacial score (nSPS) is 13.8. The standard InChI is InChI=1S/C18H32OSi/c1-16(2)10-8-11-17(3)12-9-13-18(4)14-15-19-20(5,6)7/h10,12-15H,8-9,11H2,1-7H3. The smallest absolute Gasteiger partial charge is 0.241 e. The molecule has 0 heterocycles. The predicted molar refractivity (Wildman–Crippen MR) is 94.4 cm³/mol. The number of hydrogen-bond acceptors (Lipinski definition) is 1. The molecule has 2 heteroatoms. The molecule has 0 aromatic rings. The summed E-state index contributed by atoms with van der Waals surface area (Å²) >= 11 is 0. The van der Waals surface area contributed by atoms with E-state index in [0.717, 1.165) is 19.3 Å². The molecule has 0 aromatic carbocycles. The fourth-order valence-corrected chi connectivity index (χ4v) is 2.03. The minimum absolute atomic E-state index is 1.00. The van der Waals surface area contributed by atoms with Crippen LogP contribution in [-0.4, -0.2) is 8.32 Å². The van der Waals surface area contributed by atoms with Gasteiger partial charge in [0.1, 0.15) is 0 Å². The molecule has 0 aromatic heterocycles. The highest BCUT2D eigenvalue weighted by Gasteiger charge is 2.12. The summed E-state index contributed by atoms with van der Waals surface area (Å²) in [5, 5.41) is 0. The fraction of sp³-hybridized carbons (Fsp3) is 0.556. The number of hydrogen-bond donors (Lipinski definition) is 0. The van der Waals surface area contributed by atoms with E-state index >= 15 is 0 Å². The van der Waals surface area contributed by atoms with Gasteiger partial charge in [-0.3, -0.25) is 0 Å². The largest absolute Gasteiger partial charge is 0.550 e. The van der Waals surface area contributed by atoms with E-state index in [0.29, 0.717) is 0 Å². The topological polar surface area (TPSA) is 9.23 Å². The summed E-state index contributed by atoms with van der Waals surface area (Å²) in [6.45, 7) is 15.2. The Morgan fingerprint density at radius 1 is 0.950 bits per heavy atom. The van der Waals surface area contributed by atoms with Gasteiger partial charge in [0.05, 0.1) is 6.26 Å². The van der Waals surface area contributed by atoms with Crippen LogP contribution in [0.25, 0.3) is 0 Å². The van der Waals surface area contributed by atoms with Crippen LogP contribution >= 0.6 is 0 Å². The van der Waals surface area contributed by atoms with Crippen LogP contribution in [0.3, 0.4) is 0 Å². The number of rotatable bonds is 8. The molecular weight excluding hydrogens is 260 g/mol. The maximum Gasteiger partial charge on any atom is 0.241 e. The molecule has 1 nitrogen and oxygen atoms in total. The van der Waals surface area contributed by atoms with Crippen LogP contribution in [0.15, 0.2) is 47.3 Å². The molecule has 0 saturated carbocycles. The monoisotopic (exact) mass is 292 g/mol. The van der Waals surface area contributed by atoms with E-state index < -0.39 is 8.32 Å². The van der Waals surface area contributed by atoms with Crippen LogP contribution in [0.4, 0.5) is 0 Å². The van der Waals surface area contributed by atoms with Gasteiger partial charge < -0.3 is 4.43 Å². The average molecular weight is 293 g/mol. The molecule has 114 valence electrons. The lowest BCUT2D eigenvalue weighted by Gasteiger charge is -2.14. The molecule has 0 amide bonds. The third kappa shape index (κ3) is 13.4. The van der Waals surface area contributed by atoms with Crippen molar-refractivity contribution >= 4 is 8.32 Å². The molecular formula is C18H32OSi. The summed E-state index contributed by atoms with van der Waals surface area (Å²) in [6, 6.07) is 0. The second kappa shape index (κ2) is 9.81. The molecule has 0 unspecified atom stereocenters. The second-order valence-corrected chi connectivity index (χ2v) is 11.0. The van der Waals surface area contributed by atoms with Crippen LogP contribution in [0.2, 0.25) is 19.6 Å². The lowest BCUT2D eigenvalue weighted by atomic mass is 10.1. The van der Waals surface area contributed by atoms with E-state index in [1.807, 2.05) is 6.26 Å². The molecule has 0 aliphatic rings. The minimum atomic E-state index is -1.43. The van der Waals surface area contributed by atoms with Crippen LogP contribution < -0.4 is 0 Å². The van der Waals surface area contributed by atoms with Gasteiger partial charge in [-0.05, 0) is 72.7 Å². The highest BCUT2D eigenvalue weighted by Crippen LogP contribution is 2.09. The molecule has 0 fully saturated rings. The first kappa shape index (κ1) is 19.0. The van der Waals surface area contributed by atoms with Crippen molar-refractivity contribution in [2.45, 2.75) is 66.6 Å². The van der Waals surface area contributed by atoms with Gasteiger partial charge in [0.15, 0.2) is 0 Å². The van der Waals surface area contributed by atoms with Gasteiger partial charge >= 0.3 is 0 Å². The van der Waals surface area contributed by atoms with Crippen molar-refractivity contribution in [3.8, 4) is 0 Å². The predicted octanol–water partition coefficient (Wildman–Crippen LogP) is 6.38. The third-order valence-corrected chi connectivity index (χ3v) is 3.59. The summed E-state index contributed by atoms with van der Waals surface area (Å²) in [4.78, 5) is 0. The molecule has 0 radical (unpaired) electrons. The van der Waals surface area contributed by atoms with E-state index in [1.165, 1.54) is 16.7 Å². The quantitative estimate of drug-likeness (QED) is 0.218. The van der Waals surface area contributed by atoms with E-state index in [4.69, 9.17) is 4.43 Å². The summed E-state index contributed by atoms with van der Waals surface area (Å²) in [6.07, 6.45) is 14.1. The molecule has 0 saturated heterocycles. The molecule has 0 bridgehead atoms. The molecule has 0 aliphatic heterocycles. The Hall–Kier alpha value is -1.02. The second-order valence-electron chi connectivity index (χ2n) is 6.59. The third-order valence-electron chi connectivity index (χ3n) is 2.75. The van der Waals surface area contributed by atoms with Crippen molar-refractivity contribution < 1.29 is 4.43 Å².